The second kappa shape index (κ2) is 10.0. The van der Waals surface area contributed by atoms with E-state index < -0.39 is 0 Å². The second-order valence-electron chi connectivity index (χ2n) is 7.10. The molecule has 0 saturated heterocycles. The average molecular weight is 557 g/mol. The van der Waals surface area contributed by atoms with Gasteiger partial charge in [-0.25, -0.2) is 13.8 Å². The first-order valence-corrected chi connectivity index (χ1v) is 11.2. The van der Waals surface area contributed by atoms with Crippen molar-refractivity contribution in [1.29, 1.82) is 5.26 Å². The first-order chi connectivity index (χ1) is 16.0. The fourth-order valence-electron chi connectivity index (χ4n) is 3.29. The van der Waals surface area contributed by atoms with Gasteiger partial charge in [0.15, 0.2) is 11.5 Å². The summed E-state index contributed by atoms with van der Waals surface area (Å²) in [7, 11) is 0. The van der Waals surface area contributed by atoms with E-state index in [4.69, 9.17) is 9.47 Å². The Morgan fingerprint density at radius 3 is 2.70 bits per heavy atom. The molecular formula is C25H18F2IN3O2. The summed E-state index contributed by atoms with van der Waals surface area (Å²) >= 11 is 2.13. The van der Waals surface area contributed by atoms with E-state index in [2.05, 4.69) is 38.6 Å². The van der Waals surface area contributed by atoms with Crippen LogP contribution in [0.3, 0.4) is 0 Å². The van der Waals surface area contributed by atoms with Crippen LogP contribution in [0.5, 0.6) is 11.5 Å². The standard InChI is InChI=1S/C25H18F2IN3O2/c1-2-32-23-11-16(10-20(28)24(23)33-14-15-4-3-5-18(26)9-15)8-17(13-29)25-30-21-7-6-19(27)12-22(21)31-25/h3-12H,2,14H2,1H3,(H,30,31)/b17-8-. The number of nitrogens with one attached hydrogen (secondary N) is 1. The van der Waals surface area contributed by atoms with Crippen molar-refractivity contribution in [3.8, 4) is 17.6 Å². The number of hydrogen-bond donors (Lipinski definition) is 1. The van der Waals surface area contributed by atoms with Crippen molar-refractivity contribution in [2.45, 2.75) is 13.5 Å². The molecule has 8 heteroatoms. The molecule has 0 fully saturated rings. The van der Waals surface area contributed by atoms with E-state index in [1.54, 1.807) is 30.3 Å². The summed E-state index contributed by atoms with van der Waals surface area (Å²) in [4.78, 5) is 7.37. The van der Waals surface area contributed by atoms with E-state index in [1.165, 1.54) is 24.3 Å². The van der Waals surface area contributed by atoms with Crippen LogP contribution in [0.1, 0.15) is 23.9 Å². The number of halogens is 3. The summed E-state index contributed by atoms with van der Waals surface area (Å²) in [5, 5.41) is 9.71. The molecule has 0 aliphatic rings. The Hall–Kier alpha value is -3.45. The molecule has 3 aromatic carbocycles. The van der Waals surface area contributed by atoms with E-state index in [9.17, 15) is 14.0 Å². The summed E-state index contributed by atoms with van der Waals surface area (Å²) in [5.74, 6) is 0.684. The van der Waals surface area contributed by atoms with E-state index in [1.807, 2.05) is 13.0 Å². The van der Waals surface area contributed by atoms with Crippen molar-refractivity contribution in [1.82, 2.24) is 9.97 Å². The van der Waals surface area contributed by atoms with Crippen LogP contribution < -0.4 is 9.47 Å². The Bertz CT molecular complexity index is 1390. The first-order valence-electron chi connectivity index (χ1n) is 10.1. The van der Waals surface area contributed by atoms with Gasteiger partial charge >= 0.3 is 0 Å². The van der Waals surface area contributed by atoms with Crippen molar-refractivity contribution < 1.29 is 18.3 Å². The Morgan fingerprint density at radius 2 is 1.94 bits per heavy atom. The number of hydrogen-bond acceptors (Lipinski definition) is 4. The van der Waals surface area contributed by atoms with Crippen LogP contribution in [0, 0.1) is 26.5 Å². The third kappa shape index (κ3) is 5.31. The van der Waals surface area contributed by atoms with E-state index in [-0.39, 0.29) is 18.2 Å². The quantitative estimate of drug-likeness (QED) is 0.209. The molecule has 5 nitrogen and oxygen atoms in total. The number of fused-ring (bicyclic) bond motifs is 1. The van der Waals surface area contributed by atoms with Gasteiger partial charge in [-0.05, 0) is 89.2 Å². The molecule has 0 spiro atoms. The van der Waals surface area contributed by atoms with Crippen LogP contribution in [0.25, 0.3) is 22.7 Å². The smallest absolute Gasteiger partial charge is 0.175 e. The Kier molecular flexibility index (Phi) is 6.89. The van der Waals surface area contributed by atoms with Gasteiger partial charge in [0.25, 0.3) is 0 Å². The molecule has 0 aliphatic heterocycles. The van der Waals surface area contributed by atoms with Crippen molar-refractivity contribution in [2.24, 2.45) is 0 Å². The molecule has 0 saturated carbocycles. The van der Waals surface area contributed by atoms with Crippen molar-refractivity contribution in [2.75, 3.05) is 6.61 Å². The Morgan fingerprint density at radius 1 is 1.12 bits per heavy atom. The molecular weight excluding hydrogens is 539 g/mol. The zero-order valence-electron chi connectivity index (χ0n) is 17.5. The maximum absolute atomic E-state index is 13.5. The topological polar surface area (TPSA) is 70.9 Å². The van der Waals surface area contributed by atoms with E-state index in [0.29, 0.717) is 51.7 Å². The van der Waals surface area contributed by atoms with Crippen LogP contribution in [0.2, 0.25) is 0 Å². The number of aromatic amines is 1. The lowest BCUT2D eigenvalue weighted by atomic mass is 10.1. The number of nitrogens with zero attached hydrogens (tertiary/aromatic N) is 2. The zero-order valence-corrected chi connectivity index (χ0v) is 19.7. The van der Waals surface area contributed by atoms with Crippen LogP contribution in [-0.4, -0.2) is 16.6 Å². The maximum atomic E-state index is 13.5. The normalized spacial score (nSPS) is 11.4. The number of imidazole rings is 1. The summed E-state index contributed by atoms with van der Waals surface area (Å²) in [6, 6.07) is 16.2. The minimum Gasteiger partial charge on any atom is -0.490 e. The molecule has 0 radical (unpaired) electrons. The zero-order chi connectivity index (χ0) is 23.4. The van der Waals surface area contributed by atoms with E-state index in [0.717, 1.165) is 3.57 Å². The molecule has 4 aromatic rings. The average Bonchev–Trinajstić information content (AvgIpc) is 3.20. The number of benzene rings is 3. The Labute approximate surface area is 202 Å². The molecule has 33 heavy (non-hydrogen) atoms. The SMILES string of the molecule is CCOc1cc(/C=C(/C#N)c2nc3ccc(F)cc3[nH]2)cc(I)c1OCc1cccc(F)c1. The molecule has 166 valence electrons. The minimum absolute atomic E-state index is 0.183. The van der Waals surface area contributed by atoms with Gasteiger partial charge in [-0.1, -0.05) is 12.1 Å². The molecule has 0 aliphatic carbocycles. The van der Waals surface area contributed by atoms with E-state index >= 15 is 0 Å². The number of rotatable bonds is 7. The largest absolute Gasteiger partial charge is 0.490 e. The summed E-state index contributed by atoms with van der Waals surface area (Å²) in [6.45, 7) is 2.46. The lowest BCUT2D eigenvalue weighted by Crippen LogP contribution is -2.02. The number of ether oxygens (including phenoxy) is 2. The van der Waals surface area contributed by atoms with Crippen LogP contribution in [0.4, 0.5) is 8.78 Å². The van der Waals surface area contributed by atoms with Gasteiger partial charge in [-0.3, -0.25) is 0 Å². The highest BCUT2D eigenvalue weighted by molar-refractivity contribution is 14.1. The monoisotopic (exact) mass is 557 g/mol. The highest BCUT2D eigenvalue weighted by Gasteiger charge is 2.14. The molecule has 1 N–H and O–H groups in total. The van der Waals surface area contributed by atoms with Gasteiger partial charge in [-0.15, -0.1) is 0 Å². The van der Waals surface area contributed by atoms with Gasteiger partial charge in [0.05, 0.1) is 26.8 Å². The fourth-order valence-corrected chi connectivity index (χ4v) is 4.07. The molecule has 0 unspecified atom stereocenters. The number of H-pyrrole nitrogens is 1. The summed E-state index contributed by atoms with van der Waals surface area (Å²) in [5.41, 5.74) is 2.78. The van der Waals surface area contributed by atoms with Crippen LogP contribution in [0.15, 0.2) is 54.6 Å². The van der Waals surface area contributed by atoms with Gasteiger partial charge in [0.2, 0.25) is 0 Å². The lowest BCUT2D eigenvalue weighted by molar-refractivity contribution is 0.267. The number of aromatic nitrogens is 2. The maximum Gasteiger partial charge on any atom is 0.175 e. The Balaban J connectivity index is 1.66. The predicted octanol–water partition coefficient (Wildman–Crippen LogP) is 6.49. The van der Waals surface area contributed by atoms with Gasteiger partial charge in [0.1, 0.15) is 30.1 Å². The third-order valence-electron chi connectivity index (χ3n) is 4.73. The molecule has 1 heterocycles. The van der Waals surface area contributed by atoms with Gasteiger partial charge < -0.3 is 14.5 Å². The van der Waals surface area contributed by atoms with Crippen LogP contribution >= 0.6 is 22.6 Å². The molecule has 1 aromatic heterocycles. The molecule has 0 bridgehead atoms. The fraction of sp³-hybridized carbons (Fsp3) is 0.120. The molecule has 0 amide bonds. The number of allylic oxidation sites excluding steroid dienone is 1. The van der Waals surface area contributed by atoms with Gasteiger partial charge in [0, 0.05) is 0 Å². The van der Waals surface area contributed by atoms with Crippen molar-refractivity contribution in [3.63, 3.8) is 0 Å². The summed E-state index contributed by atoms with van der Waals surface area (Å²) < 4.78 is 39.4. The van der Waals surface area contributed by atoms with Crippen molar-refractivity contribution >= 4 is 45.3 Å². The highest BCUT2D eigenvalue weighted by Crippen LogP contribution is 2.36. The summed E-state index contributed by atoms with van der Waals surface area (Å²) in [6.07, 6.45) is 1.68. The minimum atomic E-state index is -0.384. The number of nitriles is 1. The first kappa shape index (κ1) is 22.7. The second-order valence-corrected chi connectivity index (χ2v) is 8.26. The lowest BCUT2D eigenvalue weighted by Gasteiger charge is -2.15. The molecule has 0 atom stereocenters. The molecule has 4 rings (SSSR count). The van der Waals surface area contributed by atoms with Crippen molar-refractivity contribution in [3.05, 3.63) is 86.8 Å². The predicted molar refractivity (Wildman–Crippen MR) is 131 cm³/mol. The third-order valence-corrected chi connectivity index (χ3v) is 5.54. The highest BCUT2D eigenvalue weighted by atomic mass is 127. The van der Waals surface area contributed by atoms with Gasteiger partial charge in [-0.2, -0.15) is 5.26 Å². The van der Waals surface area contributed by atoms with Crippen LogP contribution in [-0.2, 0) is 6.61 Å².